The third-order valence-electron chi connectivity index (χ3n) is 8.04. The van der Waals surface area contributed by atoms with E-state index < -0.39 is 72.9 Å². The summed E-state index contributed by atoms with van der Waals surface area (Å²) in [6.07, 6.45) is -2.13. The molecule has 47 heavy (non-hydrogen) atoms. The minimum absolute atomic E-state index is 0.0184. The fraction of sp³-hybridized carbons (Fsp3) is 0.516. The molecule has 3 heterocycles. The summed E-state index contributed by atoms with van der Waals surface area (Å²) < 4.78 is 92.8. The van der Waals surface area contributed by atoms with Gasteiger partial charge in [-0.15, -0.1) is 0 Å². The van der Waals surface area contributed by atoms with Crippen molar-refractivity contribution in [3.63, 3.8) is 0 Å². The van der Waals surface area contributed by atoms with Gasteiger partial charge in [-0.1, -0.05) is 12.1 Å². The van der Waals surface area contributed by atoms with Crippen molar-refractivity contribution in [1.29, 1.82) is 0 Å². The summed E-state index contributed by atoms with van der Waals surface area (Å²) in [5.41, 5.74) is -0.799. The predicted molar refractivity (Wildman–Crippen MR) is 156 cm³/mol. The molecule has 1 aliphatic heterocycles. The van der Waals surface area contributed by atoms with E-state index in [4.69, 9.17) is 4.74 Å². The molecule has 254 valence electrons. The van der Waals surface area contributed by atoms with E-state index >= 15 is 0 Å². The van der Waals surface area contributed by atoms with Crippen molar-refractivity contribution in [2.45, 2.75) is 82.4 Å². The second-order valence-corrected chi connectivity index (χ2v) is 12.9. The lowest BCUT2D eigenvalue weighted by molar-refractivity contribution is -0.0500. The van der Waals surface area contributed by atoms with Gasteiger partial charge in [0.1, 0.15) is 5.60 Å². The maximum atomic E-state index is 15.0. The van der Waals surface area contributed by atoms with Gasteiger partial charge in [-0.05, 0) is 63.3 Å². The number of imide groups is 1. The quantitative estimate of drug-likeness (QED) is 0.203. The number of alkyl carbamates (subject to hydrolysis) is 1. The number of amides is 3. The number of carbonyl (C=O) groups excluding carboxylic acids is 3. The smallest absolute Gasteiger partial charge is 0.408 e. The highest BCUT2D eigenvalue weighted by Gasteiger charge is 2.43. The maximum Gasteiger partial charge on any atom is 0.408 e. The van der Waals surface area contributed by atoms with Crippen LogP contribution in [0.4, 0.5) is 31.1 Å². The van der Waals surface area contributed by atoms with Crippen LogP contribution in [0.1, 0.15) is 90.5 Å². The molecule has 2 N–H and O–H groups in total. The molecule has 0 radical (unpaired) electrons. The predicted octanol–water partition coefficient (Wildman–Crippen LogP) is 5.95. The van der Waals surface area contributed by atoms with Crippen molar-refractivity contribution in [3.05, 3.63) is 65.1 Å². The molecule has 2 atom stereocenters. The Bertz CT molecular complexity index is 1610. The van der Waals surface area contributed by atoms with Gasteiger partial charge in [-0.3, -0.25) is 19.8 Å². The first-order valence-electron chi connectivity index (χ1n) is 15.0. The van der Waals surface area contributed by atoms with E-state index in [1.54, 1.807) is 20.8 Å². The van der Waals surface area contributed by atoms with E-state index in [-0.39, 0.29) is 53.7 Å². The Kier molecular flexibility index (Phi) is 9.27. The van der Waals surface area contributed by atoms with E-state index in [9.17, 15) is 40.7 Å². The number of aromatic nitrogens is 3. The fourth-order valence-corrected chi connectivity index (χ4v) is 5.78. The standard InChI is InChI=1S/C31H34F6N6O4/c1-29(2,3)47-28(46)41-23(17-8-10-30(34,35)11-9-17)21-14-43-22(40-21)12-18(13-39-43)24(25(32)33)38-15-31(36,37)16-42-26(44)19-6-4-5-7-20(19)27(42)45/h4-7,12-14,17,23-25,38H,8-11,15-16H2,1-3H3,(H,41,46)/t23-,24-/m0/s1. The molecule has 2 aliphatic rings. The Morgan fingerprint density at radius 3 is 2.28 bits per heavy atom. The summed E-state index contributed by atoms with van der Waals surface area (Å²) in [4.78, 5) is 42.5. The number of fused-ring (bicyclic) bond motifs is 2. The lowest BCUT2D eigenvalue weighted by Crippen LogP contribution is -2.47. The van der Waals surface area contributed by atoms with E-state index in [1.165, 1.54) is 41.0 Å². The third-order valence-corrected chi connectivity index (χ3v) is 8.04. The highest BCUT2D eigenvalue weighted by atomic mass is 19.3. The molecular formula is C31H34F6N6O4. The summed E-state index contributed by atoms with van der Waals surface area (Å²) in [7, 11) is 0. The van der Waals surface area contributed by atoms with Gasteiger partial charge in [0, 0.05) is 12.8 Å². The molecule has 0 spiro atoms. The van der Waals surface area contributed by atoms with Crippen molar-refractivity contribution in [2.75, 3.05) is 13.1 Å². The van der Waals surface area contributed by atoms with Crippen molar-refractivity contribution in [2.24, 2.45) is 5.92 Å². The Labute approximate surface area is 265 Å². The normalized spacial score (nSPS) is 18.5. The van der Waals surface area contributed by atoms with Crippen molar-refractivity contribution < 1.29 is 45.5 Å². The van der Waals surface area contributed by atoms with Gasteiger partial charge >= 0.3 is 6.09 Å². The molecule has 1 fully saturated rings. The molecule has 0 unspecified atom stereocenters. The van der Waals surface area contributed by atoms with Gasteiger partial charge in [0.05, 0.1) is 54.4 Å². The zero-order valence-electron chi connectivity index (χ0n) is 25.8. The zero-order valence-corrected chi connectivity index (χ0v) is 25.8. The summed E-state index contributed by atoms with van der Waals surface area (Å²) in [5.74, 6) is -8.84. The average molecular weight is 669 g/mol. The number of nitrogens with zero attached hydrogens (tertiary/aromatic N) is 4. The molecule has 2 aromatic heterocycles. The van der Waals surface area contributed by atoms with E-state index in [0.29, 0.717) is 4.90 Å². The number of alkyl halides is 6. The average Bonchev–Trinajstić information content (AvgIpc) is 3.49. The number of hydrogen-bond donors (Lipinski definition) is 2. The van der Waals surface area contributed by atoms with Crippen LogP contribution < -0.4 is 10.6 Å². The number of benzene rings is 1. The van der Waals surface area contributed by atoms with Gasteiger partial charge < -0.3 is 10.1 Å². The number of imidazole rings is 1. The summed E-state index contributed by atoms with van der Waals surface area (Å²) in [6.45, 7) is 2.36. The molecule has 1 aromatic carbocycles. The Hall–Kier alpha value is -4.21. The van der Waals surface area contributed by atoms with Gasteiger partial charge in [0.15, 0.2) is 5.65 Å². The maximum absolute atomic E-state index is 15.0. The topological polar surface area (TPSA) is 118 Å². The molecule has 0 saturated heterocycles. The number of nitrogens with one attached hydrogen (secondary N) is 2. The van der Waals surface area contributed by atoms with Gasteiger partial charge in [-0.2, -0.15) is 5.10 Å². The number of rotatable bonds is 10. The first-order valence-corrected chi connectivity index (χ1v) is 15.0. The van der Waals surface area contributed by atoms with Crippen LogP contribution in [-0.2, 0) is 4.74 Å². The molecule has 1 aliphatic carbocycles. The summed E-state index contributed by atoms with van der Waals surface area (Å²) in [6, 6.07) is 4.07. The van der Waals surface area contributed by atoms with Crippen LogP contribution in [0.25, 0.3) is 5.65 Å². The molecule has 10 nitrogen and oxygen atoms in total. The van der Waals surface area contributed by atoms with Crippen LogP contribution in [0.15, 0.2) is 42.7 Å². The van der Waals surface area contributed by atoms with Crippen LogP contribution in [0.2, 0.25) is 0 Å². The van der Waals surface area contributed by atoms with Crippen LogP contribution >= 0.6 is 0 Å². The molecule has 5 rings (SSSR count). The van der Waals surface area contributed by atoms with Gasteiger partial charge in [-0.25, -0.2) is 40.6 Å². The highest BCUT2D eigenvalue weighted by Crippen LogP contribution is 2.41. The van der Waals surface area contributed by atoms with Crippen molar-refractivity contribution >= 4 is 23.6 Å². The lowest BCUT2D eigenvalue weighted by Gasteiger charge is -2.33. The van der Waals surface area contributed by atoms with Gasteiger partial charge in [0.2, 0.25) is 5.92 Å². The summed E-state index contributed by atoms with van der Waals surface area (Å²) >= 11 is 0. The van der Waals surface area contributed by atoms with Gasteiger partial charge in [0.25, 0.3) is 24.2 Å². The van der Waals surface area contributed by atoms with Crippen LogP contribution in [0.3, 0.4) is 0 Å². The SMILES string of the molecule is CC(C)(C)OC(=O)N[C@H](c1cn2ncc([C@H](NCC(F)(F)CN3C(=O)c4ccccc4C3=O)C(F)F)cc2n1)C1CCC(F)(F)CC1. The first-order chi connectivity index (χ1) is 21.9. The van der Waals surface area contributed by atoms with Crippen molar-refractivity contribution in [3.8, 4) is 0 Å². The Morgan fingerprint density at radius 1 is 1.09 bits per heavy atom. The minimum atomic E-state index is -3.77. The van der Waals surface area contributed by atoms with Crippen LogP contribution in [0, 0.1) is 5.92 Å². The Balaban J connectivity index is 1.33. The largest absolute Gasteiger partial charge is 0.444 e. The molecule has 16 heteroatoms. The molecule has 3 aromatic rings. The molecule has 3 amide bonds. The van der Waals surface area contributed by atoms with E-state index in [2.05, 4.69) is 20.7 Å². The third kappa shape index (κ3) is 7.85. The lowest BCUT2D eigenvalue weighted by atomic mass is 9.81. The van der Waals surface area contributed by atoms with E-state index in [1.807, 2.05) is 0 Å². The minimum Gasteiger partial charge on any atom is -0.444 e. The Morgan fingerprint density at radius 2 is 1.70 bits per heavy atom. The number of halogens is 6. The fourth-order valence-electron chi connectivity index (χ4n) is 5.78. The second-order valence-electron chi connectivity index (χ2n) is 12.9. The van der Waals surface area contributed by atoms with E-state index in [0.717, 1.165) is 6.20 Å². The van der Waals surface area contributed by atoms with Crippen molar-refractivity contribution in [1.82, 2.24) is 30.1 Å². The number of carbonyl (C=O) groups is 3. The highest BCUT2D eigenvalue weighted by molar-refractivity contribution is 6.21. The molecule has 0 bridgehead atoms. The van der Waals surface area contributed by atoms with Crippen LogP contribution in [-0.4, -0.2) is 74.4 Å². The zero-order chi connectivity index (χ0) is 34.3. The summed E-state index contributed by atoms with van der Waals surface area (Å²) in [5, 5.41) is 8.93. The molecular weight excluding hydrogens is 634 g/mol. The monoisotopic (exact) mass is 668 g/mol. The van der Waals surface area contributed by atoms with Crippen LogP contribution in [0.5, 0.6) is 0 Å². The number of hydrogen-bond acceptors (Lipinski definition) is 7. The molecule has 1 saturated carbocycles. The number of ether oxygens (including phenoxy) is 1. The second kappa shape index (κ2) is 12.8. The first kappa shape index (κ1) is 34.1.